The molecule has 0 amide bonds. The van der Waals surface area contributed by atoms with Gasteiger partial charge in [-0.05, 0) is 24.7 Å². The Hall–Kier alpha value is -1.99. The van der Waals surface area contributed by atoms with Gasteiger partial charge >= 0.3 is 0 Å². The predicted octanol–water partition coefficient (Wildman–Crippen LogP) is 2.14. The lowest BCUT2D eigenvalue weighted by Gasteiger charge is -2.28. The molecule has 3 rings (SSSR count). The van der Waals surface area contributed by atoms with Crippen LogP contribution in [0.3, 0.4) is 0 Å². The molecule has 1 aromatic heterocycles. The van der Waals surface area contributed by atoms with Crippen LogP contribution in [0.2, 0.25) is 0 Å². The van der Waals surface area contributed by atoms with Gasteiger partial charge in [-0.25, -0.2) is 4.39 Å². The Labute approximate surface area is 131 Å². The lowest BCUT2D eigenvalue weighted by Crippen LogP contribution is -2.35. The fourth-order valence-corrected chi connectivity index (χ4v) is 2.91. The van der Waals surface area contributed by atoms with Crippen molar-refractivity contribution in [3.05, 3.63) is 56.0 Å². The van der Waals surface area contributed by atoms with Gasteiger partial charge in [-0.15, -0.1) is 0 Å². The van der Waals surface area contributed by atoms with Gasteiger partial charge in [0.2, 0.25) is 0 Å². The van der Waals surface area contributed by atoms with Crippen LogP contribution in [-0.4, -0.2) is 28.5 Å². The first kappa shape index (κ1) is 14.9. The topological polar surface area (TPSA) is 61.1 Å². The highest BCUT2D eigenvalue weighted by atomic mass is 32.1. The van der Waals surface area contributed by atoms with Crippen molar-refractivity contribution in [3.63, 3.8) is 0 Å². The number of nitrogens with zero attached hydrogens (tertiary/aromatic N) is 1. The van der Waals surface area contributed by atoms with Crippen LogP contribution in [0.15, 0.2) is 23.0 Å². The highest BCUT2D eigenvalue weighted by Crippen LogP contribution is 2.20. The molecule has 0 atom stereocenters. The molecule has 1 aromatic carbocycles. The van der Waals surface area contributed by atoms with Crippen molar-refractivity contribution in [2.75, 3.05) is 13.7 Å². The number of fused-ring (bicyclic) bond motifs is 1. The third-order valence-corrected chi connectivity index (χ3v) is 4.05. The molecule has 0 unspecified atom stereocenters. The van der Waals surface area contributed by atoms with Crippen LogP contribution in [0.4, 0.5) is 4.39 Å². The maximum absolute atomic E-state index is 14.0. The molecular weight excluding hydrogens is 305 g/mol. The molecule has 0 saturated carbocycles. The number of H-pyrrole nitrogens is 2. The summed E-state index contributed by atoms with van der Waals surface area (Å²) in [6.45, 7) is 1.73. The van der Waals surface area contributed by atoms with Crippen molar-refractivity contribution < 1.29 is 9.13 Å². The molecule has 116 valence electrons. The van der Waals surface area contributed by atoms with Crippen LogP contribution in [0.25, 0.3) is 0 Å². The van der Waals surface area contributed by atoms with E-state index in [1.165, 1.54) is 13.2 Å². The fourth-order valence-electron chi connectivity index (χ4n) is 2.69. The number of hydrogen-bond donors (Lipinski definition) is 2. The zero-order valence-electron chi connectivity index (χ0n) is 12.1. The van der Waals surface area contributed by atoms with Gasteiger partial charge in [-0.1, -0.05) is 6.07 Å². The summed E-state index contributed by atoms with van der Waals surface area (Å²) in [5, 5.41) is 0. The van der Waals surface area contributed by atoms with Crippen molar-refractivity contribution in [1.29, 1.82) is 0 Å². The van der Waals surface area contributed by atoms with Crippen molar-refractivity contribution in [3.8, 4) is 5.75 Å². The van der Waals surface area contributed by atoms with Gasteiger partial charge in [0.05, 0.1) is 7.11 Å². The average Bonchev–Trinajstić information content (AvgIpc) is 2.48. The number of aromatic amines is 2. The molecule has 0 aliphatic carbocycles. The van der Waals surface area contributed by atoms with Crippen LogP contribution < -0.4 is 10.3 Å². The minimum absolute atomic E-state index is 0.131. The highest BCUT2D eigenvalue weighted by Gasteiger charge is 2.20. The summed E-state index contributed by atoms with van der Waals surface area (Å²) in [5.41, 5.74) is 2.02. The van der Waals surface area contributed by atoms with E-state index in [4.69, 9.17) is 17.0 Å². The fraction of sp³-hybridized carbons (Fsp3) is 0.333. The van der Waals surface area contributed by atoms with Gasteiger partial charge < -0.3 is 9.72 Å². The molecule has 0 fully saturated rings. The zero-order chi connectivity index (χ0) is 15.7. The smallest absolute Gasteiger partial charge is 0.255 e. The first-order chi connectivity index (χ1) is 10.6. The summed E-state index contributed by atoms with van der Waals surface area (Å²) < 4.78 is 19.4. The maximum Gasteiger partial charge on any atom is 0.255 e. The monoisotopic (exact) mass is 321 g/mol. The van der Waals surface area contributed by atoms with Crippen molar-refractivity contribution in [2.24, 2.45) is 0 Å². The van der Waals surface area contributed by atoms with Crippen LogP contribution in [-0.2, 0) is 19.5 Å². The maximum atomic E-state index is 14.0. The molecule has 22 heavy (non-hydrogen) atoms. The van der Waals surface area contributed by atoms with Gasteiger partial charge in [0, 0.05) is 42.5 Å². The minimum Gasteiger partial charge on any atom is -0.497 e. The van der Waals surface area contributed by atoms with Gasteiger partial charge in [0.1, 0.15) is 11.6 Å². The van der Waals surface area contributed by atoms with E-state index >= 15 is 0 Å². The minimum atomic E-state index is -0.288. The number of benzene rings is 1. The second-order valence-corrected chi connectivity index (χ2v) is 5.69. The van der Waals surface area contributed by atoms with Crippen molar-refractivity contribution in [1.82, 2.24) is 14.9 Å². The van der Waals surface area contributed by atoms with E-state index < -0.39 is 0 Å². The third-order valence-electron chi connectivity index (χ3n) is 3.84. The van der Waals surface area contributed by atoms with Gasteiger partial charge in [-0.3, -0.25) is 14.7 Å². The number of nitrogens with one attached hydrogen (secondary N) is 2. The van der Waals surface area contributed by atoms with E-state index in [-0.39, 0.29) is 11.4 Å². The van der Waals surface area contributed by atoms with Gasteiger partial charge in [-0.2, -0.15) is 0 Å². The largest absolute Gasteiger partial charge is 0.497 e. The number of methoxy groups -OCH3 is 1. The standard InChI is InChI=1S/C15H16FN3O2S/c1-21-10-3-2-9(12(16)6-10)7-19-5-4-11-13(8-19)17-15(22)18-14(11)20/h2-3,6H,4-5,7-8H2,1H3,(H2,17,18,20,22). The van der Waals surface area contributed by atoms with Crippen molar-refractivity contribution >= 4 is 12.2 Å². The third kappa shape index (κ3) is 2.95. The summed E-state index contributed by atoms with van der Waals surface area (Å²) in [7, 11) is 1.51. The molecule has 5 nitrogen and oxygen atoms in total. The van der Waals surface area contributed by atoms with E-state index in [9.17, 15) is 9.18 Å². The van der Waals surface area contributed by atoms with Crippen LogP contribution >= 0.6 is 12.2 Å². The van der Waals surface area contributed by atoms with Crippen LogP contribution in [0, 0.1) is 10.6 Å². The second-order valence-electron chi connectivity index (χ2n) is 5.28. The number of ether oxygens (including phenoxy) is 1. The molecule has 0 bridgehead atoms. The van der Waals surface area contributed by atoms with E-state index in [1.807, 2.05) is 0 Å². The highest BCUT2D eigenvalue weighted by molar-refractivity contribution is 7.71. The summed E-state index contributed by atoms with van der Waals surface area (Å²) in [4.78, 5) is 19.5. The quantitative estimate of drug-likeness (QED) is 0.850. The Kier molecular flexibility index (Phi) is 4.08. The van der Waals surface area contributed by atoms with Crippen LogP contribution in [0.1, 0.15) is 16.8 Å². The molecule has 0 spiro atoms. The summed E-state index contributed by atoms with van der Waals surface area (Å²) in [6.07, 6.45) is 0.620. The summed E-state index contributed by atoms with van der Waals surface area (Å²) >= 11 is 5.00. The Morgan fingerprint density at radius 3 is 2.95 bits per heavy atom. The Morgan fingerprint density at radius 1 is 1.41 bits per heavy atom. The Bertz CT molecular complexity index is 815. The van der Waals surface area contributed by atoms with Crippen molar-refractivity contribution in [2.45, 2.75) is 19.5 Å². The SMILES string of the molecule is COc1ccc(CN2CCc3c([nH]c(=S)[nH]c3=O)C2)c(F)c1. The van der Waals surface area contributed by atoms with Gasteiger partial charge in [0.25, 0.3) is 5.56 Å². The lowest BCUT2D eigenvalue weighted by atomic mass is 10.1. The lowest BCUT2D eigenvalue weighted by molar-refractivity contribution is 0.237. The Morgan fingerprint density at radius 2 is 2.23 bits per heavy atom. The molecule has 1 aliphatic heterocycles. The Balaban J connectivity index is 1.81. The first-order valence-corrected chi connectivity index (χ1v) is 7.37. The molecule has 0 radical (unpaired) electrons. The molecular formula is C15H16FN3O2S. The van der Waals surface area contributed by atoms with E-state index in [1.54, 1.807) is 12.1 Å². The molecule has 0 saturated heterocycles. The molecule has 7 heteroatoms. The molecule has 1 aliphatic rings. The number of aromatic nitrogens is 2. The average molecular weight is 321 g/mol. The van der Waals surface area contributed by atoms with E-state index in [2.05, 4.69) is 14.9 Å². The summed E-state index contributed by atoms with van der Waals surface area (Å²) in [5.74, 6) is 0.213. The number of halogens is 1. The molecule has 2 aromatic rings. The summed E-state index contributed by atoms with van der Waals surface area (Å²) in [6, 6.07) is 4.85. The second kappa shape index (κ2) is 6.02. The zero-order valence-corrected chi connectivity index (χ0v) is 12.9. The van der Waals surface area contributed by atoms with Gasteiger partial charge in [0.15, 0.2) is 4.77 Å². The first-order valence-electron chi connectivity index (χ1n) is 6.96. The normalized spacial score (nSPS) is 14.6. The van der Waals surface area contributed by atoms with Crippen LogP contribution in [0.5, 0.6) is 5.75 Å². The molecule has 2 N–H and O–H groups in total. The molecule has 2 heterocycles. The van der Waals surface area contributed by atoms with E-state index in [0.29, 0.717) is 42.1 Å². The number of rotatable bonds is 3. The van der Waals surface area contributed by atoms with E-state index in [0.717, 1.165) is 11.3 Å². The number of hydrogen-bond acceptors (Lipinski definition) is 4. The predicted molar refractivity (Wildman–Crippen MR) is 83.0 cm³/mol.